The van der Waals surface area contributed by atoms with Crippen molar-refractivity contribution in [3.63, 3.8) is 0 Å². The van der Waals surface area contributed by atoms with Gasteiger partial charge in [-0.3, -0.25) is 18.9 Å². The first-order valence-electron chi connectivity index (χ1n) is 10.0. The zero-order valence-corrected chi connectivity index (χ0v) is 20.1. The van der Waals surface area contributed by atoms with Crippen LogP contribution in [0.4, 0.5) is 11.4 Å². The largest absolute Gasteiger partial charge is 0.322 e. The summed E-state index contributed by atoms with van der Waals surface area (Å²) in [6, 6.07) is 16.2. The zero-order valence-electron chi connectivity index (χ0n) is 17.8. The van der Waals surface area contributed by atoms with E-state index in [2.05, 4.69) is 10.0 Å². The van der Waals surface area contributed by atoms with E-state index in [1.807, 2.05) is 19.9 Å². The van der Waals surface area contributed by atoms with Crippen LogP contribution in [-0.4, -0.2) is 18.9 Å². The van der Waals surface area contributed by atoms with Crippen LogP contribution in [0.25, 0.3) is 10.2 Å². The summed E-state index contributed by atoms with van der Waals surface area (Å²) in [5, 5.41) is 2.75. The highest BCUT2D eigenvalue weighted by Crippen LogP contribution is 2.27. The van der Waals surface area contributed by atoms with Crippen molar-refractivity contribution in [1.82, 2.24) is 4.57 Å². The van der Waals surface area contributed by atoms with E-state index in [9.17, 15) is 18.0 Å². The number of aromatic nitrogens is 1. The van der Waals surface area contributed by atoms with Crippen LogP contribution in [0.15, 0.2) is 70.4 Å². The van der Waals surface area contributed by atoms with Gasteiger partial charge in [0.1, 0.15) is 4.90 Å². The summed E-state index contributed by atoms with van der Waals surface area (Å²) in [6.45, 7) is 4.30. The maximum absolute atomic E-state index is 12.9. The van der Waals surface area contributed by atoms with Crippen LogP contribution < -0.4 is 14.9 Å². The number of rotatable bonds is 6. The Hall–Kier alpha value is -3.14. The number of benzene rings is 3. The molecule has 1 aromatic heterocycles. The van der Waals surface area contributed by atoms with E-state index < -0.39 is 15.9 Å². The molecule has 0 unspecified atom stereocenters. The molecule has 2 N–H and O–H groups in total. The highest BCUT2D eigenvalue weighted by molar-refractivity contribution is 7.92. The second kappa shape index (κ2) is 9.01. The van der Waals surface area contributed by atoms with Gasteiger partial charge in [0.2, 0.25) is 0 Å². The number of nitrogens with one attached hydrogen (secondary N) is 2. The fourth-order valence-corrected chi connectivity index (χ4v) is 5.99. The van der Waals surface area contributed by atoms with E-state index in [0.717, 1.165) is 27.1 Å². The maximum atomic E-state index is 12.9. The molecule has 0 radical (unpaired) electrons. The van der Waals surface area contributed by atoms with Crippen LogP contribution >= 0.6 is 22.9 Å². The second-order valence-electron chi connectivity index (χ2n) is 7.37. The molecule has 1 heterocycles. The predicted molar refractivity (Wildman–Crippen MR) is 133 cm³/mol. The van der Waals surface area contributed by atoms with Crippen molar-refractivity contribution in [3.05, 3.63) is 86.5 Å². The van der Waals surface area contributed by atoms with Gasteiger partial charge in [-0.25, -0.2) is 8.42 Å². The van der Waals surface area contributed by atoms with Crippen molar-refractivity contribution in [2.45, 2.75) is 25.3 Å². The molecule has 0 aliphatic carbocycles. The fourth-order valence-electron chi connectivity index (χ4n) is 3.42. The van der Waals surface area contributed by atoms with Gasteiger partial charge in [-0.05, 0) is 67.9 Å². The van der Waals surface area contributed by atoms with E-state index >= 15 is 0 Å². The monoisotopic (exact) mass is 501 g/mol. The lowest BCUT2D eigenvalue weighted by molar-refractivity contribution is 0.102. The molecular weight excluding hydrogens is 482 g/mol. The second-order valence-corrected chi connectivity index (χ2v) is 10.4. The van der Waals surface area contributed by atoms with E-state index in [1.165, 1.54) is 18.2 Å². The van der Waals surface area contributed by atoms with Crippen molar-refractivity contribution in [1.29, 1.82) is 0 Å². The summed E-state index contributed by atoms with van der Waals surface area (Å²) < 4.78 is 30.7. The minimum absolute atomic E-state index is 0.00111. The van der Waals surface area contributed by atoms with Gasteiger partial charge >= 0.3 is 4.87 Å². The summed E-state index contributed by atoms with van der Waals surface area (Å²) in [6.07, 6.45) is 0. The molecular formula is C23H20ClN3O4S2. The number of amides is 1. The van der Waals surface area contributed by atoms with Crippen LogP contribution in [-0.2, 0) is 16.6 Å². The highest BCUT2D eigenvalue weighted by Gasteiger charge is 2.21. The molecule has 0 saturated heterocycles. The van der Waals surface area contributed by atoms with Crippen molar-refractivity contribution >= 4 is 60.5 Å². The van der Waals surface area contributed by atoms with Crippen LogP contribution in [0.3, 0.4) is 0 Å². The Bertz CT molecular complexity index is 1540. The molecule has 7 nitrogen and oxygen atoms in total. The van der Waals surface area contributed by atoms with Crippen LogP contribution in [0.5, 0.6) is 0 Å². The third-order valence-electron chi connectivity index (χ3n) is 5.00. The molecule has 3 aromatic carbocycles. The van der Waals surface area contributed by atoms with Gasteiger partial charge in [0, 0.05) is 23.5 Å². The van der Waals surface area contributed by atoms with E-state index in [-0.39, 0.29) is 20.4 Å². The van der Waals surface area contributed by atoms with Gasteiger partial charge < -0.3 is 5.32 Å². The SMILES string of the molecule is CCn1c(=O)sc2cc(NC(=O)c3ccc(Cl)c(S(=O)(=O)Nc4cccc(C)c4)c3)ccc21. The standard InChI is InChI=1S/C23H20ClN3O4S2/c1-3-27-19-10-8-16(13-20(19)32-23(27)29)25-22(28)15-7-9-18(24)21(12-15)33(30,31)26-17-6-4-5-14(2)11-17/h4-13,26H,3H2,1-2H3,(H,25,28). The summed E-state index contributed by atoms with van der Waals surface area (Å²) in [4.78, 5) is 24.6. The van der Waals surface area contributed by atoms with Crippen LogP contribution in [0.1, 0.15) is 22.8 Å². The molecule has 0 atom stereocenters. The Balaban J connectivity index is 1.61. The Morgan fingerprint density at radius 2 is 1.85 bits per heavy atom. The molecule has 0 aliphatic rings. The van der Waals surface area contributed by atoms with Gasteiger partial charge in [-0.2, -0.15) is 0 Å². The summed E-state index contributed by atoms with van der Waals surface area (Å²) >= 11 is 7.26. The van der Waals surface area contributed by atoms with Gasteiger partial charge in [0.15, 0.2) is 0 Å². The summed E-state index contributed by atoms with van der Waals surface area (Å²) in [5.41, 5.74) is 2.71. The van der Waals surface area contributed by atoms with Gasteiger partial charge in [-0.15, -0.1) is 0 Å². The molecule has 4 rings (SSSR count). The van der Waals surface area contributed by atoms with Gasteiger partial charge in [0.05, 0.1) is 15.2 Å². The number of fused-ring (bicyclic) bond motifs is 1. The molecule has 1 amide bonds. The fraction of sp³-hybridized carbons (Fsp3) is 0.130. The number of halogens is 1. The first-order valence-corrected chi connectivity index (χ1v) is 12.7. The van der Waals surface area contributed by atoms with Crippen molar-refractivity contribution < 1.29 is 13.2 Å². The Morgan fingerprint density at radius 1 is 1.06 bits per heavy atom. The van der Waals surface area contributed by atoms with E-state index in [0.29, 0.717) is 17.9 Å². The topological polar surface area (TPSA) is 97.3 Å². The number of hydrogen-bond donors (Lipinski definition) is 2. The summed E-state index contributed by atoms with van der Waals surface area (Å²) in [7, 11) is -4.02. The molecule has 0 spiro atoms. The maximum Gasteiger partial charge on any atom is 0.308 e. The summed E-state index contributed by atoms with van der Waals surface area (Å²) in [5.74, 6) is -0.500. The Labute approximate surface area is 199 Å². The quantitative estimate of drug-likeness (QED) is 0.384. The highest BCUT2D eigenvalue weighted by atomic mass is 35.5. The normalized spacial score (nSPS) is 11.5. The van der Waals surface area contributed by atoms with E-state index in [1.54, 1.807) is 41.0 Å². The Morgan fingerprint density at radius 3 is 2.58 bits per heavy atom. The third-order valence-corrected chi connectivity index (χ3v) is 7.80. The molecule has 0 saturated carbocycles. The lowest BCUT2D eigenvalue weighted by Crippen LogP contribution is -2.16. The number of carbonyl (C=O) groups excluding carboxylic acids is 1. The molecule has 0 bridgehead atoms. The molecule has 0 aliphatic heterocycles. The molecule has 33 heavy (non-hydrogen) atoms. The number of hydrogen-bond acceptors (Lipinski definition) is 5. The number of nitrogens with zero attached hydrogens (tertiary/aromatic N) is 1. The number of anilines is 2. The average molecular weight is 502 g/mol. The molecule has 4 aromatic rings. The van der Waals surface area contributed by atoms with Crippen molar-refractivity contribution in [2.24, 2.45) is 0 Å². The van der Waals surface area contributed by atoms with Gasteiger partial charge in [0.25, 0.3) is 15.9 Å². The first kappa shape index (κ1) is 23.0. The first-order chi connectivity index (χ1) is 15.7. The number of sulfonamides is 1. The van der Waals surface area contributed by atoms with Crippen LogP contribution in [0.2, 0.25) is 5.02 Å². The van der Waals surface area contributed by atoms with E-state index in [4.69, 9.17) is 11.6 Å². The van der Waals surface area contributed by atoms with Crippen LogP contribution in [0, 0.1) is 6.92 Å². The lowest BCUT2D eigenvalue weighted by atomic mass is 10.2. The average Bonchev–Trinajstić information content (AvgIpc) is 3.07. The zero-order chi connectivity index (χ0) is 23.8. The number of thiazole rings is 1. The number of carbonyl (C=O) groups is 1. The molecule has 170 valence electrons. The minimum Gasteiger partial charge on any atom is -0.322 e. The van der Waals surface area contributed by atoms with Crippen molar-refractivity contribution in [2.75, 3.05) is 10.0 Å². The predicted octanol–water partition coefficient (Wildman–Crippen LogP) is 5.10. The number of aryl methyl sites for hydroxylation is 2. The van der Waals surface area contributed by atoms with Crippen molar-refractivity contribution in [3.8, 4) is 0 Å². The molecule has 0 fully saturated rings. The Kier molecular flexibility index (Phi) is 6.29. The third kappa shape index (κ3) is 4.80. The lowest BCUT2D eigenvalue weighted by Gasteiger charge is -2.12. The smallest absolute Gasteiger partial charge is 0.308 e. The minimum atomic E-state index is -4.02. The molecule has 10 heteroatoms. The van der Waals surface area contributed by atoms with Gasteiger partial charge in [-0.1, -0.05) is 35.1 Å².